The van der Waals surface area contributed by atoms with Crippen LogP contribution in [0.25, 0.3) is 10.3 Å². The maximum absolute atomic E-state index is 12.8. The van der Waals surface area contributed by atoms with Crippen molar-refractivity contribution in [3.63, 3.8) is 0 Å². The lowest BCUT2D eigenvalue weighted by molar-refractivity contribution is -0.116. The molecule has 1 fully saturated rings. The first kappa shape index (κ1) is 17.9. The lowest BCUT2D eigenvalue weighted by Crippen LogP contribution is -2.27. The Bertz CT molecular complexity index is 1140. The van der Waals surface area contributed by atoms with Crippen molar-refractivity contribution in [3.05, 3.63) is 34.9 Å². The SMILES string of the molecule is O=C(Cn1cnc2nc(N3CCCC3)sc2c1=O)Nc1ccc2c(c1)OCCO2. The van der Waals surface area contributed by atoms with Crippen LogP contribution in [-0.4, -0.2) is 46.7 Å². The number of hydrogen-bond acceptors (Lipinski definition) is 8. The molecule has 0 spiro atoms. The molecule has 29 heavy (non-hydrogen) atoms. The van der Waals surface area contributed by atoms with Gasteiger partial charge in [0, 0.05) is 24.8 Å². The molecule has 2 aliphatic rings. The Labute approximate surface area is 169 Å². The van der Waals surface area contributed by atoms with Gasteiger partial charge in [0.1, 0.15) is 30.8 Å². The molecule has 4 heterocycles. The van der Waals surface area contributed by atoms with Crippen LogP contribution in [0.5, 0.6) is 11.5 Å². The second-order valence-electron chi connectivity index (χ2n) is 6.93. The van der Waals surface area contributed by atoms with Crippen molar-refractivity contribution in [1.29, 1.82) is 0 Å². The van der Waals surface area contributed by atoms with E-state index in [0.717, 1.165) is 31.1 Å². The maximum Gasteiger partial charge on any atom is 0.273 e. The van der Waals surface area contributed by atoms with E-state index < -0.39 is 0 Å². The molecule has 9 nitrogen and oxygen atoms in total. The maximum atomic E-state index is 12.8. The van der Waals surface area contributed by atoms with E-state index in [-0.39, 0.29) is 18.0 Å². The molecule has 0 unspecified atom stereocenters. The number of thiazole rings is 1. The van der Waals surface area contributed by atoms with Crippen LogP contribution in [0.4, 0.5) is 10.8 Å². The molecule has 1 N–H and O–H groups in total. The molecule has 0 aliphatic carbocycles. The predicted octanol–water partition coefficient (Wildman–Crippen LogP) is 1.86. The number of ether oxygens (including phenoxy) is 2. The number of rotatable bonds is 4. The van der Waals surface area contributed by atoms with Gasteiger partial charge < -0.3 is 19.7 Å². The van der Waals surface area contributed by atoms with E-state index >= 15 is 0 Å². The second kappa shape index (κ2) is 7.36. The fourth-order valence-corrected chi connectivity index (χ4v) is 4.49. The Kier molecular flexibility index (Phi) is 4.55. The number of benzene rings is 1. The number of carbonyl (C=O) groups is 1. The van der Waals surface area contributed by atoms with Crippen LogP contribution < -0.4 is 25.2 Å². The van der Waals surface area contributed by atoms with Crippen LogP contribution in [-0.2, 0) is 11.3 Å². The van der Waals surface area contributed by atoms with Crippen molar-refractivity contribution < 1.29 is 14.3 Å². The van der Waals surface area contributed by atoms with E-state index in [0.29, 0.717) is 40.7 Å². The van der Waals surface area contributed by atoms with Gasteiger partial charge in [0.05, 0.1) is 0 Å². The molecular weight excluding hydrogens is 394 g/mol. The minimum atomic E-state index is -0.325. The van der Waals surface area contributed by atoms with Crippen molar-refractivity contribution in [2.24, 2.45) is 0 Å². The summed E-state index contributed by atoms with van der Waals surface area (Å²) in [5.74, 6) is 0.918. The van der Waals surface area contributed by atoms with Crippen LogP contribution >= 0.6 is 11.3 Å². The molecular formula is C19H19N5O4S. The Morgan fingerprint density at radius 2 is 1.97 bits per heavy atom. The van der Waals surface area contributed by atoms with Crippen LogP contribution in [0.15, 0.2) is 29.3 Å². The first-order valence-corrected chi connectivity index (χ1v) is 10.3. The minimum absolute atomic E-state index is 0.132. The fraction of sp³-hybridized carbons (Fsp3) is 0.368. The molecule has 1 saturated heterocycles. The van der Waals surface area contributed by atoms with Gasteiger partial charge in [-0.2, -0.15) is 4.98 Å². The Morgan fingerprint density at radius 3 is 2.79 bits per heavy atom. The number of carbonyl (C=O) groups excluding carboxylic acids is 1. The highest BCUT2D eigenvalue weighted by Crippen LogP contribution is 2.32. The molecule has 5 rings (SSSR count). The molecule has 2 aromatic heterocycles. The number of nitrogens with zero attached hydrogens (tertiary/aromatic N) is 4. The van der Waals surface area contributed by atoms with Crippen molar-refractivity contribution in [3.8, 4) is 11.5 Å². The third kappa shape index (κ3) is 3.51. The van der Waals surface area contributed by atoms with Gasteiger partial charge in [0.2, 0.25) is 5.91 Å². The van der Waals surface area contributed by atoms with E-state index in [1.807, 2.05) is 0 Å². The number of amides is 1. The van der Waals surface area contributed by atoms with Crippen molar-refractivity contribution in [2.45, 2.75) is 19.4 Å². The first-order valence-electron chi connectivity index (χ1n) is 9.48. The molecule has 3 aromatic rings. The Morgan fingerprint density at radius 1 is 1.17 bits per heavy atom. The fourth-order valence-electron chi connectivity index (χ4n) is 3.47. The number of fused-ring (bicyclic) bond motifs is 2. The van der Waals surface area contributed by atoms with E-state index in [1.54, 1.807) is 18.2 Å². The van der Waals surface area contributed by atoms with Crippen LogP contribution in [0, 0.1) is 0 Å². The third-order valence-corrected chi connectivity index (χ3v) is 5.98. The zero-order valence-corrected chi connectivity index (χ0v) is 16.4. The van der Waals surface area contributed by atoms with Crippen LogP contribution in [0.3, 0.4) is 0 Å². The summed E-state index contributed by atoms with van der Waals surface area (Å²) >= 11 is 1.34. The summed E-state index contributed by atoms with van der Waals surface area (Å²) in [6.45, 7) is 2.75. The summed E-state index contributed by atoms with van der Waals surface area (Å²) in [5, 5.41) is 3.60. The lowest BCUT2D eigenvalue weighted by atomic mass is 10.2. The zero-order chi connectivity index (χ0) is 19.8. The number of nitrogens with one attached hydrogen (secondary N) is 1. The van der Waals surface area contributed by atoms with E-state index in [2.05, 4.69) is 20.2 Å². The molecule has 0 atom stereocenters. The summed E-state index contributed by atoms with van der Waals surface area (Å²) in [6, 6.07) is 5.20. The normalized spacial score (nSPS) is 15.7. The molecule has 1 aromatic carbocycles. The minimum Gasteiger partial charge on any atom is -0.486 e. The highest BCUT2D eigenvalue weighted by molar-refractivity contribution is 7.22. The van der Waals surface area contributed by atoms with Gasteiger partial charge in [-0.25, -0.2) is 4.98 Å². The monoisotopic (exact) mass is 413 g/mol. The van der Waals surface area contributed by atoms with Gasteiger partial charge in [-0.3, -0.25) is 14.2 Å². The van der Waals surface area contributed by atoms with E-state index in [1.165, 1.54) is 22.2 Å². The number of anilines is 2. The molecule has 1 amide bonds. The zero-order valence-electron chi connectivity index (χ0n) is 15.6. The number of hydrogen-bond donors (Lipinski definition) is 1. The van der Waals surface area contributed by atoms with E-state index in [4.69, 9.17) is 9.47 Å². The first-order chi connectivity index (χ1) is 14.2. The largest absolute Gasteiger partial charge is 0.486 e. The molecule has 0 saturated carbocycles. The van der Waals surface area contributed by atoms with Gasteiger partial charge in [0.25, 0.3) is 5.56 Å². The van der Waals surface area contributed by atoms with Crippen molar-refractivity contribution in [1.82, 2.24) is 14.5 Å². The summed E-state index contributed by atoms with van der Waals surface area (Å²) in [4.78, 5) is 36.2. The average Bonchev–Trinajstić information content (AvgIpc) is 3.40. The summed E-state index contributed by atoms with van der Waals surface area (Å²) < 4.78 is 12.8. The molecule has 2 aliphatic heterocycles. The number of aromatic nitrogens is 3. The van der Waals surface area contributed by atoms with Crippen molar-refractivity contribution >= 4 is 38.4 Å². The molecule has 0 bridgehead atoms. The van der Waals surface area contributed by atoms with Gasteiger partial charge in [0.15, 0.2) is 22.3 Å². The topological polar surface area (TPSA) is 98.6 Å². The second-order valence-corrected chi connectivity index (χ2v) is 7.91. The van der Waals surface area contributed by atoms with Gasteiger partial charge in [-0.15, -0.1) is 0 Å². The lowest BCUT2D eigenvalue weighted by Gasteiger charge is -2.19. The third-order valence-electron chi connectivity index (χ3n) is 4.89. The molecule has 10 heteroatoms. The van der Waals surface area contributed by atoms with Gasteiger partial charge in [-0.05, 0) is 25.0 Å². The quantitative estimate of drug-likeness (QED) is 0.697. The highest BCUT2D eigenvalue weighted by Gasteiger charge is 2.19. The van der Waals surface area contributed by atoms with Crippen LogP contribution in [0.1, 0.15) is 12.8 Å². The summed E-state index contributed by atoms with van der Waals surface area (Å²) in [6.07, 6.45) is 3.64. The Hall–Kier alpha value is -3.14. The van der Waals surface area contributed by atoms with Gasteiger partial charge in [-0.1, -0.05) is 11.3 Å². The summed E-state index contributed by atoms with van der Waals surface area (Å²) in [7, 11) is 0. The summed E-state index contributed by atoms with van der Waals surface area (Å²) in [5.41, 5.74) is 0.760. The van der Waals surface area contributed by atoms with Crippen molar-refractivity contribution in [2.75, 3.05) is 36.5 Å². The Balaban J connectivity index is 1.33. The molecule has 150 valence electrons. The highest BCUT2D eigenvalue weighted by atomic mass is 32.1. The smallest absolute Gasteiger partial charge is 0.273 e. The predicted molar refractivity (Wildman–Crippen MR) is 109 cm³/mol. The molecule has 0 radical (unpaired) electrons. The van der Waals surface area contributed by atoms with Crippen LogP contribution in [0.2, 0.25) is 0 Å². The average molecular weight is 413 g/mol. The van der Waals surface area contributed by atoms with Gasteiger partial charge >= 0.3 is 0 Å². The van der Waals surface area contributed by atoms with E-state index in [9.17, 15) is 9.59 Å². The standard InChI is InChI=1S/C19H19N5O4S/c25-15(21-12-3-4-13-14(9-12)28-8-7-27-13)10-24-11-20-17-16(18(24)26)29-19(22-17)23-5-1-2-6-23/h3-4,9,11H,1-2,5-8,10H2,(H,21,25).